The van der Waals surface area contributed by atoms with E-state index in [1.54, 1.807) is 6.08 Å². The zero-order chi connectivity index (χ0) is 13.1. The molecule has 0 bridgehead atoms. The molecule has 1 aromatic heterocycles. The van der Waals surface area contributed by atoms with Crippen molar-refractivity contribution in [3.05, 3.63) is 50.6 Å². The van der Waals surface area contributed by atoms with Crippen molar-refractivity contribution in [1.29, 1.82) is 0 Å². The largest absolute Gasteiger partial charge is 0.508 e. The second-order valence-electron chi connectivity index (χ2n) is 3.54. The fraction of sp³-hybridized carbons (Fsp3) is 0. The lowest BCUT2D eigenvalue weighted by molar-refractivity contribution is 0.104. The molecule has 2 rings (SSSR count). The molecule has 2 aromatic rings. The molecule has 0 saturated heterocycles. The van der Waals surface area contributed by atoms with Crippen LogP contribution in [0.2, 0.25) is 0 Å². The van der Waals surface area contributed by atoms with Crippen molar-refractivity contribution in [1.82, 2.24) is 0 Å². The molecule has 1 heterocycles. The zero-order valence-corrected chi connectivity index (χ0v) is 11.5. The van der Waals surface area contributed by atoms with Gasteiger partial charge in [0, 0.05) is 10.9 Å². The highest BCUT2D eigenvalue weighted by molar-refractivity contribution is 9.11. The van der Waals surface area contributed by atoms with Crippen molar-refractivity contribution in [2.45, 2.75) is 0 Å². The Balaban J connectivity index is 2.19. The summed E-state index contributed by atoms with van der Waals surface area (Å²) in [6.45, 7) is 0. The third kappa shape index (κ3) is 3.00. The quantitative estimate of drug-likeness (QED) is 0.666. The predicted molar refractivity (Wildman–Crippen MR) is 75.2 cm³/mol. The molecule has 18 heavy (non-hydrogen) atoms. The Bertz CT molecular complexity index is 616. The summed E-state index contributed by atoms with van der Waals surface area (Å²) in [6, 6.07) is 7.68. The number of allylic oxidation sites excluding steroid dienone is 1. The highest BCUT2D eigenvalue weighted by Crippen LogP contribution is 2.25. The van der Waals surface area contributed by atoms with Gasteiger partial charge in [0.05, 0.1) is 9.35 Å². The molecule has 0 aliphatic rings. The maximum Gasteiger partial charge on any atom is 0.189 e. The number of benzene rings is 1. The van der Waals surface area contributed by atoms with Crippen LogP contribution < -0.4 is 0 Å². The van der Waals surface area contributed by atoms with Crippen molar-refractivity contribution in [3.63, 3.8) is 0 Å². The van der Waals surface area contributed by atoms with Gasteiger partial charge in [-0.25, -0.2) is 0 Å². The number of hydrogen-bond acceptors (Lipinski definition) is 4. The van der Waals surface area contributed by atoms with Gasteiger partial charge in [0.1, 0.15) is 11.5 Å². The number of carbonyl (C=O) groups is 1. The fourth-order valence-electron chi connectivity index (χ4n) is 1.39. The fourth-order valence-corrected chi connectivity index (χ4v) is 2.72. The number of phenolic OH excluding ortho intramolecular Hbond substituents is 2. The Morgan fingerprint density at radius 3 is 2.61 bits per heavy atom. The van der Waals surface area contributed by atoms with Crippen LogP contribution in [-0.4, -0.2) is 16.0 Å². The highest BCUT2D eigenvalue weighted by atomic mass is 79.9. The van der Waals surface area contributed by atoms with Gasteiger partial charge >= 0.3 is 0 Å². The van der Waals surface area contributed by atoms with Crippen LogP contribution in [0.15, 0.2) is 40.2 Å². The first-order valence-electron chi connectivity index (χ1n) is 5.06. The summed E-state index contributed by atoms with van der Waals surface area (Å²) in [5.74, 6) is -0.607. The molecule has 0 amide bonds. The highest BCUT2D eigenvalue weighted by Gasteiger charge is 2.08. The van der Waals surface area contributed by atoms with Crippen LogP contribution in [0.1, 0.15) is 15.2 Å². The Morgan fingerprint density at radius 1 is 1.22 bits per heavy atom. The van der Waals surface area contributed by atoms with Gasteiger partial charge in [-0.2, -0.15) is 0 Å². The number of thiophene rings is 1. The summed E-state index contributed by atoms with van der Waals surface area (Å²) in [4.78, 5) is 12.8. The van der Waals surface area contributed by atoms with E-state index >= 15 is 0 Å². The van der Waals surface area contributed by atoms with Crippen LogP contribution in [0.4, 0.5) is 0 Å². The third-order valence-corrected chi connectivity index (χ3v) is 3.83. The van der Waals surface area contributed by atoms with Gasteiger partial charge in [-0.3, -0.25) is 4.79 Å². The van der Waals surface area contributed by atoms with Crippen molar-refractivity contribution < 1.29 is 15.0 Å². The van der Waals surface area contributed by atoms with Gasteiger partial charge in [0.25, 0.3) is 0 Å². The summed E-state index contributed by atoms with van der Waals surface area (Å²) in [5.41, 5.74) is 0.166. The average molecular weight is 325 g/mol. The van der Waals surface area contributed by atoms with Gasteiger partial charge in [-0.15, -0.1) is 11.3 Å². The van der Waals surface area contributed by atoms with Crippen LogP contribution in [0, 0.1) is 0 Å². The molecule has 3 nitrogen and oxygen atoms in total. The van der Waals surface area contributed by atoms with Gasteiger partial charge < -0.3 is 10.2 Å². The molecule has 0 aliphatic carbocycles. The molecular weight excluding hydrogens is 316 g/mol. The zero-order valence-electron chi connectivity index (χ0n) is 9.13. The number of phenols is 2. The topological polar surface area (TPSA) is 57.5 Å². The molecule has 92 valence electrons. The first-order valence-corrected chi connectivity index (χ1v) is 6.67. The molecule has 0 radical (unpaired) electrons. The van der Waals surface area contributed by atoms with E-state index in [9.17, 15) is 9.90 Å². The van der Waals surface area contributed by atoms with Crippen LogP contribution in [0.25, 0.3) is 6.08 Å². The van der Waals surface area contributed by atoms with Crippen molar-refractivity contribution in [3.8, 4) is 11.5 Å². The summed E-state index contributed by atoms with van der Waals surface area (Å²) >= 11 is 4.84. The van der Waals surface area contributed by atoms with Crippen LogP contribution in [0.3, 0.4) is 0 Å². The number of rotatable bonds is 3. The molecule has 2 N–H and O–H groups in total. The van der Waals surface area contributed by atoms with E-state index in [2.05, 4.69) is 15.9 Å². The average Bonchev–Trinajstić information content (AvgIpc) is 2.72. The lowest BCUT2D eigenvalue weighted by Crippen LogP contribution is -1.94. The molecule has 0 unspecified atom stereocenters. The molecule has 0 fully saturated rings. The standard InChI is InChI=1S/C13H9BrO3S/c14-13-6-3-9(18-13)2-5-11(16)10-4-1-8(15)7-12(10)17/h1-7,15,17H/b5-2+. The number of aromatic hydroxyl groups is 2. The Kier molecular flexibility index (Phi) is 3.84. The van der Waals surface area contributed by atoms with E-state index in [4.69, 9.17) is 5.11 Å². The Morgan fingerprint density at radius 2 is 2.00 bits per heavy atom. The van der Waals surface area contributed by atoms with E-state index in [0.717, 1.165) is 14.7 Å². The maximum atomic E-state index is 11.8. The number of hydrogen-bond donors (Lipinski definition) is 2. The van der Waals surface area contributed by atoms with Crippen molar-refractivity contribution in [2.75, 3.05) is 0 Å². The number of halogens is 1. The van der Waals surface area contributed by atoms with Crippen LogP contribution >= 0.6 is 27.3 Å². The maximum absolute atomic E-state index is 11.8. The Hall–Kier alpha value is -1.59. The second-order valence-corrected chi connectivity index (χ2v) is 6.04. The van der Waals surface area contributed by atoms with E-state index in [1.807, 2.05) is 12.1 Å². The van der Waals surface area contributed by atoms with Crippen molar-refractivity contribution in [2.24, 2.45) is 0 Å². The summed E-state index contributed by atoms with van der Waals surface area (Å²) in [5, 5.41) is 18.7. The minimum absolute atomic E-state index is 0.0739. The summed E-state index contributed by atoms with van der Waals surface area (Å²) < 4.78 is 0.988. The van der Waals surface area contributed by atoms with Crippen LogP contribution in [0.5, 0.6) is 11.5 Å². The number of carbonyl (C=O) groups excluding carboxylic acids is 1. The molecule has 0 atom stereocenters. The first-order chi connectivity index (χ1) is 8.56. The van der Waals surface area contributed by atoms with Crippen molar-refractivity contribution >= 4 is 39.1 Å². The normalized spacial score (nSPS) is 10.9. The first kappa shape index (κ1) is 12.9. The minimum Gasteiger partial charge on any atom is -0.508 e. The van der Waals surface area contributed by atoms with E-state index in [-0.39, 0.29) is 22.8 Å². The smallest absolute Gasteiger partial charge is 0.189 e. The van der Waals surface area contributed by atoms with Gasteiger partial charge in [-0.05, 0) is 52.3 Å². The summed E-state index contributed by atoms with van der Waals surface area (Å²) in [6.07, 6.45) is 3.08. The molecule has 0 spiro atoms. The second kappa shape index (κ2) is 5.37. The lowest BCUT2D eigenvalue weighted by Gasteiger charge is -2.00. The molecule has 0 aliphatic heterocycles. The predicted octanol–water partition coefficient (Wildman–Crippen LogP) is 3.82. The van der Waals surface area contributed by atoms with Gasteiger partial charge in [-0.1, -0.05) is 0 Å². The Labute approximate surface area is 116 Å². The molecular formula is C13H9BrO3S. The SMILES string of the molecule is O=C(/C=C/c1ccc(Br)s1)c1ccc(O)cc1O. The number of ketones is 1. The molecule has 5 heteroatoms. The van der Waals surface area contributed by atoms with Crippen LogP contribution in [-0.2, 0) is 0 Å². The van der Waals surface area contributed by atoms with Gasteiger partial charge in [0.2, 0.25) is 0 Å². The third-order valence-electron chi connectivity index (χ3n) is 2.24. The summed E-state index contributed by atoms with van der Waals surface area (Å²) in [7, 11) is 0. The van der Waals surface area contributed by atoms with E-state index < -0.39 is 0 Å². The monoisotopic (exact) mass is 324 g/mol. The minimum atomic E-state index is -0.308. The lowest BCUT2D eigenvalue weighted by atomic mass is 10.1. The van der Waals surface area contributed by atoms with E-state index in [0.29, 0.717) is 0 Å². The molecule has 0 saturated carbocycles. The van der Waals surface area contributed by atoms with Gasteiger partial charge in [0.15, 0.2) is 5.78 Å². The molecule has 1 aromatic carbocycles. The van der Waals surface area contributed by atoms with E-state index in [1.165, 1.54) is 29.5 Å².